The molecule has 1 heterocycles. The highest BCUT2D eigenvalue weighted by atomic mass is 16.5. The summed E-state index contributed by atoms with van der Waals surface area (Å²) in [7, 11) is 2.08. The number of aryl methyl sites for hydroxylation is 1. The van der Waals surface area contributed by atoms with E-state index in [2.05, 4.69) is 30.7 Å². The van der Waals surface area contributed by atoms with Crippen molar-refractivity contribution in [3.05, 3.63) is 29.5 Å². The Labute approximate surface area is 109 Å². The molecular formula is C15H22N2O. The summed E-state index contributed by atoms with van der Waals surface area (Å²) in [5.74, 6) is 0.904. The SMILES string of the molecule is CCOc1ccc2c(c1)c(C(C)(C)N)c(C)n2C. The molecule has 0 aliphatic rings. The van der Waals surface area contributed by atoms with E-state index in [1.807, 2.05) is 26.8 Å². The lowest BCUT2D eigenvalue weighted by Crippen LogP contribution is -2.29. The number of nitrogens with zero attached hydrogens (tertiary/aromatic N) is 1. The van der Waals surface area contributed by atoms with Crippen LogP contribution in [0, 0.1) is 6.92 Å². The van der Waals surface area contributed by atoms with E-state index in [-0.39, 0.29) is 5.54 Å². The van der Waals surface area contributed by atoms with Crippen molar-refractivity contribution < 1.29 is 4.74 Å². The molecule has 1 aromatic heterocycles. The summed E-state index contributed by atoms with van der Waals surface area (Å²) in [5, 5.41) is 1.19. The summed E-state index contributed by atoms with van der Waals surface area (Å²) < 4.78 is 7.77. The maximum absolute atomic E-state index is 6.31. The fraction of sp³-hybridized carbons (Fsp3) is 0.467. The lowest BCUT2D eigenvalue weighted by molar-refractivity contribution is 0.340. The normalized spacial score (nSPS) is 12.1. The Balaban J connectivity index is 2.75. The lowest BCUT2D eigenvalue weighted by Gasteiger charge is -2.20. The summed E-state index contributed by atoms with van der Waals surface area (Å²) in [5.41, 5.74) is 9.56. The van der Waals surface area contributed by atoms with E-state index in [9.17, 15) is 0 Å². The Morgan fingerprint density at radius 3 is 2.56 bits per heavy atom. The third kappa shape index (κ3) is 1.99. The van der Waals surface area contributed by atoms with Crippen LogP contribution in [0.1, 0.15) is 32.0 Å². The van der Waals surface area contributed by atoms with Crippen LogP contribution in [0.3, 0.4) is 0 Å². The zero-order valence-electron chi connectivity index (χ0n) is 11.9. The molecule has 3 heteroatoms. The first kappa shape index (κ1) is 13.0. The van der Waals surface area contributed by atoms with Crippen LogP contribution >= 0.6 is 0 Å². The van der Waals surface area contributed by atoms with Crippen LogP contribution < -0.4 is 10.5 Å². The van der Waals surface area contributed by atoms with Gasteiger partial charge < -0.3 is 15.0 Å². The molecule has 1 aromatic carbocycles. The van der Waals surface area contributed by atoms with Gasteiger partial charge in [0.25, 0.3) is 0 Å². The van der Waals surface area contributed by atoms with E-state index in [1.165, 1.54) is 22.2 Å². The number of hydrogen-bond donors (Lipinski definition) is 1. The third-order valence-corrected chi connectivity index (χ3v) is 3.42. The molecule has 0 amide bonds. The Kier molecular flexibility index (Phi) is 3.11. The number of rotatable bonds is 3. The number of aromatic nitrogens is 1. The summed E-state index contributed by atoms with van der Waals surface area (Å²) in [6.07, 6.45) is 0. The first-order chi connectivity index (χ1) is 8.36. The molecule has 0 aliphatic carbocycles. The highest BCUT2D eigenvalue weighted by molar-refractivity contribution is 5.87. The fourth-order valence-corrected chi connectivity index (χ4v) is 2.62. The molecule has 3 nitrogen and oxygen atoms in total. The van der Waals surface area contributed by atoms with E-state index in [0.29, 0.717) is 6.61 Å². The topological polar surface area (TPSA) is 40.2 Å². The van der Waals surface area contributed by atoms with E-state index < -0.39 is 0 Å². The lowest BCUT2D eigenvalue weighted by atomic mass is 9.93. The number of benzene rings is 1. The van der Waals surface area contributed by atoms with Crippen molar-refractivity contribution in [2.75, 3.05) is 6.61 Å². The molecule has 0 saturated carbocycles. The second-order valence-electron chi connectivity index (χ2n) is 5.35. The molecule has 0 fully saturated rings. The van der Waals surface area contributed by atoms with Crippen molar-refractivity contribution in [2.45, 2.75) is 33.2 Å². The zero-order valence-corrected chi connectivity index (χ0v) is 11.9. The predicted octanol–water partition coefficient (Wildman–Crippen LogP) is 3.08. The predicted molar refractivity (Wildman–Crippen MR) is 76.0 cm³/mol. The van der Waals surface area contributed by atoms with Gasteiger partial charge in [0.15, 0.2) is 0 Å². The van der Waals surface area contributed by atoms with Crippen molar-refractivity contribution in [1.82, 2.24) is 4.57 Å². The van der Waals surface area contributed by atoms with Gasteiger partial charge in [-0.05, 0) is 51.5 Å². The molecule has 2 N–H and O–H groups in total. The molecule has 2 aromatic rings. The van der Waals surface area contributed by atoms with Gasteiger partial charge in [-0.25, -0.2) is 0 Å². The van der Waals surface area contributed by atoms with Gasteiger partial charge in [0.2, 0.25) is 0 Å². The van der Waals surface area contributed by atoms with Crippen LogP contribution in [0.15, 0.2) is 18.2 Å². The molecule has 0 bridgehead atoms. The summed E-state index contributed by atoms with van der Waals surface area (Å²) in [6, 6.07) is 6.21. The summed E-state index contributed by atoms with van der Waals surface area (Å²) >= 11 is 0. The quantitative estimate of drug-likeness (QED) is 0.904. The Bertz CT molecular complexity index is 576. The number of ether oxygens (including phenoxy) is 1. The average molecular weight is 246 g/mol. The molecule has 0 atom stereocenters. The highest BCUT2D eigenvalue weighted by Crippen LogP contribution is 2.34. The number of nitrogens with two attached hydrogens (primary N) is 1. The monoisotopic (exact) mass is 246 g/mol. The van der Waals surface area contributed by atoms with Crippen molar-refractivity contribution >= 4 is 10.9 Å². The third-order valence-electron chi connectivity index (χ3n) is 3.42. The van der Waals surface area contributed by atoms with E-state index in [0.717, 1.165) is 5.75 Å². The van der Waals surface area contributed by atoms with Crippen LogP contribution in [0.5, 0.6) is 5.75 Å². The van der Waals surface area contributed by atoms with E-state index >= 15 is 0 Å². The van der Waals surface area contributed by atoms with Crippen molar-refractivity contribution in [1.29, 1.82) is 0 Å². The van der Waals surface area contributed by atoms with Gasteiger partial charge in [-0.2, -0.15) is 0 Å². The maximum atomic E-state index is 6.31. The number of fused-ring (bicyclic) bond motifs is 1. The molecule has 0 aliphatic heterocycles. The molecular weight excluding hydrogens is 224 g/mol. The van der Waals surface area contributed by atoms with Crippen LogP contribution in [0.25, 0.3) is 10.9 Å². The first-order valence-corrected chi connectivity index (χ1v) is 6.37. The minimum Gasteiger partial charge on any atom is -0.494 e. The van der Waals surface area contributed by atoms with Crippen LogP contribution in [-0.4, -0.2) is 11.2 Å². The van der Waals surface area contributed by atoms with Gasteiger partial charge in [-0.3, -0.25) is 0 Å². The first-order valence-electron chi connectivity index (χ1n) is 6.37. The fourth-order valence-electron chi connectivity index (χ4n) is 2.62. The van der Waals surface area contributed by atoms with Gasteiger partial charge in [-0.15, -0.1) is 0 Å². The Morgan fingerprint density at radius 1 is 1.33 bits per heavy atom. The molecule has 0 spiro atoms. The van der Waals surface area contributed by atoms with E-state index in [4.69, 9.17) is 10.5 Å². The molecule has 0 saturated heterocycles. The molecule has 18 heavy (non-hydrogen) atoms. The van der Waals surface area contributed by atoms with Gasteiger partial charge in [-0.1, -0.05) is 0 Å². The van der Waals surface area contributed by atoms with E-state index in [1.54, 1.807) is 0 Å². The molecule has 2 rings (SSSR count). The largest absolute Gasteiger partial charge is 0.494 e. The Hall–Kier alpha value is -1.48. The smallest absolute Gasteiger partial charge is 0.120 e. The van der Waals surface area contributed by atoms with Crippen LogP contribution in [0.4, 0.5) is 0 Å². The average Bonchev–Trinajstić information content (AvgIpc) is 2.51. The highest BCUT2D eigenvalue weighted by Gasteiger charge is 2.23. The van der Waals surface area contributed by atoms with Gasteiger partial charge in [0, 0.05) is 29.2 Å². The van der Waals surface area contributed by atoms with Gasteiger partial charge in [0.1, 0.15) is 5.75 Å². The van der Waals surface area contributed by atoms with Gasteiger partial charge in [0.05, 0.1) is 6.61 Å². The van der Waals surface area contributed by atoms with Crippen molar-refractivity contribution in [3.63, 3.8) is 0 Å². The van der Waals surface area contributed by atoms with Crippen LogP contribution in [-0.2, 0) is 12.6 Å². The number of hydrogen-bond acceptors (Lipinski definition) is 2. The minimum absolute atomic E-state index is 0.353. The minimum atomic E-state index is -0.353. The van der Waals surface area contributed by atoms with Crippen LogP contribution in [0.2, 0.25) is 0 Å². The molecule has 98 valence electrons. The second-order valence-corrected chi connectivity index (χ2v) is 5.35. The van der Waals surface area contributed by atoms with Crippen molar-refractivity contribution in [2.24, 2.45) is 12.8 Å². The second kappa shape index (κ2) is 4.32. The molecule has 0 unspecified atom stereocenters. The van der Waals surface area contributed by atoms with Crippen molar-refractivity contribution in [3.8, 4) is 5.75 Å². The standard InChI is InChI=1S/C15H22N2O/c1-6-18-11-7-8-13-12(9-11)14(15(3,4)16)10(2)17(13)5/h7-9H,6,16H2,1-5H3. The maximum Gasteiger partial charge on any atom is 0.120 e. The van der Waals surface area contributed by atoms with Gasteiger partial charge >= 0.3 is 0 Å². The Morgan fingerprint density at radius 2 is 2.00 bits per heavy atom. The zero-order chi connectivity index (χ0) is 13.5. The summed E-state index contributed by atoms with van der Waals surface area (Å²) in [6.45, 7) is 8.88. The summed E-state index contributed by atoms with van der Waals surface area (Å²) in [4.78, 5) is 0. The molecule has 0 radical (unpaired) electrons.